The van der Waals surface area contributed by atoms with Crippen LogP contribution in [0.5, 0.6) is 0 Å². The van der Waals surface area contributed by atoms with Crippen LogP contribution in [0.2, 0.25) is 0 Å². The molecular formula is C12H21N. The summed E-state index contributed by atoms with van der Waals surface area (Å²) in [6.07, 6.45) is 4.03. The second-order valence-corrected chi connectivity index (χ2v) is 5.20. The quantitative estimate of drug-likeness (QED) is 0.643. The number of nitrogens with one attached hydrogen (secondary N) is 1. The van der Waals surface area contributed by atoms with E-state index >= 15 is 0 Å². The largest absolute Gasteiger partial charge is 0.311 e. The van der Waals surface area contributed by atoms with Gasteiger partial charge in [-0.05, 0) is 31.7 Å². The number of hydrogen-bond acceptors (Lipinski definition) is 1. The number of hydrogen-bond donors (Lipinski definition) is 1. The highest BCUT2D eigenvalue weighted by molar-refractivity contribution is 5.31. The van der Waals surface area contributed by atoms with Crippen molar-refractivity contribution in [2.45, 2.75) is 45.6 Å². The fourth-order valence-electron chi connectivity index (χ4n) is 3.45. The molecule has 2 bridgehead atoms. The fourth-order valence-corrected chi connectivity index (χ4v) is 3.45. The van der Waals surface area contributed by atoms with Gasteiger partial charge in [0, 0.05) is 11.0 Å². The molecule has 2 saturated carbocycles. The lowest BCUT2D eigenvalue weighted by Gasteiger charge is -2.43. The average molecular weight is 179 g/mol. The SMILES string of the molecule is C=C1[C@@H]2CC[C@@](NCC)(C2)C1(C)C. The molecule has 0 amide bonds. The second kappa shape index (κ2) is 2.60. The summed E-state index contributed by atoms with van der Waals surface area (Å²) in [6.45, 7) is 12.3. The number of rotatable bonds is 2. The van der Waals surface area contributed by atoms with Crippen LogP contribution in [-0.2, 0) is 0 Å². The van der Waals surface area contributed by atoms with Crippen molar-refractivity contribution in [3.05, 3.63) is 12.2 Å². The summed E-state index contributed by atoms with van der Waals surface area (Å²) in [5, 5.41) is 3.71. The number of fused-ring (bicyclic) bond motifs is 2. The normalized spacial score (nSPS) is 41.5. The van der Waals surface area contributed by atoms with Gasteiger partial charge in [-0.1, -0.05) is 32.9 Å². The van der Waals surface area contributed by atoms with Gasteiger partial charge in [0.1, 0.15) is 0 Å². The van der Waals surface area contributed by atoms with Crippen LogP contribution in [0.15, 0.2) is 12.2 Å². The van der Waals surface area contributed by atoms with Crippen molar-refractivity contribution in [3.63, 3.8) is 0 Å². The van der Waals surface area contributed by atoms with E-state index in [-0.39, 0.29) is 0 Å². The van der Waals surface area contributed by atoms with Crippen molar-refractivity contribution in [3.8, 4) is 0 Å². The molecule has 0 saturated heterocycles. The molecule has 2 atom stereocenters. The van der Waals surface area contributed by atoms with Crippen molar-refractivity contribution in [1.82, 2.24) is 5.32 Å². The van der Waals surface area contributed by atoms with Crippen LogP contribution in [-0.4, -0.2) is 12.1 Å². The highest BCUT2D eigenvalue weighted by atomic mass is 15.0. The molecule has 13 heavy (non-hydrogen) atoms. The molecule has 1 nitrogen and oxygen atoms in total. The maximum Gasteiger partial charge on any atom is 0.0275 e. The zero-order chi connectivity index (χ0) is 9.69. The fraction of sp³-hybridized carbons (Fsp3) is 0.833. The first kappa shape index (κ1) is 9.26. The summed E-state index contributed by atoms with van der Waals surface area (Å²) in [4.78, 5) is 0. The van der Waals surface area contributed by atoms with E-state index in [4.69, 9.17) is 0 Å². The van der Waals surface area contributed by atoms with Crippen molar-refractivity contribution in [2.75, 3.05) is 6.54 Å². The first-order valence-electron chi connectivity index (χ1n) is 5.48. The molecule has 1 N–H and O–H groups in total. The van der Waals surface area contributed by atoms with Crippen molar-refractivity contribution < 1.29 is 0 Å². The Morgan fingerprint density at radius 3 is 2.69 bits per heavy atom. The van der Waals surface area contributed by atoms with Crippen LogP contribution in [0.3, 0.4) is 0 Å². The summed E-state index contributed by atoms with van der Waals surface area (Å²) in [6, 6.07) is 0. The second-order valence-electron chi connectivity index (χ2n) is 5.20. The van der Waals surface area contributed by atoms with E-state index in [1.165, 1.54) is 24.8 Å². The van der Waals surface area contributed by atoms with Crippen LogP contribution < -0.4 is 5.32 Å². The molecule has 2 aliphatic carbocycles. The Hall–Kier alpha value is -0.300. The predicted octanol–water partition coefficient (Wildman–Crippen LogP) is 2.73. The molecule has 0 heterocycles. The van der Waals surface area contributed by atoms with E-state index in [0.29, 0.717) is 11.0 Å². The van der Waals surface area contributed by atoms with Gasteiger partial charge in [0.05, 0.1) is 0 Å². The van der Waals surface area contributed by atoms with Gasteiger partial charge in [-0.3, -0.25) is 0 Å². The molecule has 0 aromatic rings. The minimum absolute atomic E-state index is 0.311. The van der Waals surface area contributed by atoms with Gasteiger partial charge < -0.3 is 5.32 Å². The maximum absolute atomic E-state index is 4.28. The van der Waals surface area contributed by atoms with Crippen LogP contribution in [0, 0.1) is 11.3 Å². The Labute approximate surface area is 81.6 Å². The van der Waals surface area contributed by atoms with E-state index in [0.717, 1.165) is 12.5 Å². The van der Waals surface area contributed by atoms with Gasteiger partial charge in [0.25, 0.3) is 0 Å². The standard InChI is InChI=1S/C12H21N/c1-5-13-12-7-6-10(8-12)9(2)11(12,3)4/h10,13H,2,5-8H2,1,3-4H3/t10-,12-/m1/s1. The molecule has 0 unspecified atom stereocenters. The lowest BCUT2D eigenvalue weighted by molar-refractivity contribution is 0.181. The molecule has 0 spiro atoms. The summed E-state index contributed by atoms with van der Waals surface area (Å²) in [7, 11) is 0. The van der Waals surface area contributed by atoms with E-state index in [1.807, 2.05) is 0 Å². The smallest absolute Gasteiger partial charge is 0.0275 e. The van der Waals surface area contributed by atoms with E-state index in [1.54, 1.807) is 0 Å². The molecule has 74 valence electrons. The molecule has 0 aliphatic heterocycles. The summed E-state index contributed by atoms with van der Waals surface area (Å²) < 4.78 is 0. The van der Waals surface area contributed by atoms with Crippen LogP contribution in [0.4, 0.5) is 0 Å². The van der Waals surface area contributed by atoms with E-state index in [9.17, 15) is 0 Å². The molecule has 2 fully saturated rings. The van der Waals surface area contributed by atoms with Gasteiger partial charge in [0.15, 0.2) is 0 Å². The lowest BCUT2D eigenvalue weighted by Crippen LogP contribution is -2.52. The van der Waals surface area contributed by atoms with Crippen LogP contribution in [0.1, 0.15) is 40.0 Å². The minimum atomic E-state index is 0.311. The monoisotopic (exact) mass is 179 g/mol. The third-order valence-electron chi connectivity index (χ3n) is 4.52. The lowest BCUT2D eigenvalue weighted by atomic mass is 9.68. The van der Waals surface area contributed by atoms with E-state index < -0.39 is 0 Å². The zero-order valence-corrected chi connectivity index (χ0v) is 9.11. The molecule has 1 heteroatoms. The zero-order valence-electron chi connectivity index (χ0n) is 9.11. The Morgan fingerprint density at radius 1 is 1.54 bits per heavy atom. The van der Waals surface area contributed by atoms with Gasteiger partial charge >= 0.3 is 0 Å². The highest BCUT2D eigenvalue weighted by Gasteiger charge is 2.58. The first-order chi connectivity index (χ1) is 6.03. The minimum Gasteiger partial charge on any atom is -0.311 e. The molecule has 0 radical (unpaired) electrons. The van der Waals surface area contributed by atoms with Gasteiger partial charge in [-0.2, -0.15) is 0 Å². The van der Waals surface area contributed by atoms with Gasteiger partial charge in [-0.25, -0.2) is 0 Å². The van der Waals surface area contributed by atoms with Crippen molar-refractivity contribution in [2.24, 2.45) is 11.3 Å². The predicted molar refractivity (Wildman–Crippen MR) is 56.7 cm³/mol. The average Bonchev–Trinajstić information content (AvgIpc) is 2.54. The van der Waals surface area contributed by atoms with Crippen molar-refractivity contribution >= 4 is 0 Å². The van der Waals surface area contributed by atoms with Crippen molar-refractivity contribution in [1.29, 1.82) is 0 Å². The highest BCUT2D eigenvalue weighted by Crippen LogP contribution is 2.60. The van der Waals surface area contributed by atoms with E-state index in [2.05, 4.69) is 32.7 Å². The maximum atomic E-state index is 4.28. The Bertz CT molecular complexity index is 242. The Kier molecular flexibility index (Phi) is 1.85. The third kappa shape index (κ3) is 0.969. The topological polar surface area (TPSA) is 12.0 Å². The Morgan fingerprint density at radius 2 is 2.23 bits per heavy atom. The molecule has 0 aromatic carbocycles. The van der Waals surface area contributed by atoms with Gasteiger partial charge in [-0.15, -0.1) is 0 Å². The van der Waals surface area contributed by atoms with Gasteiger partial charge in [0.2, 0.25) is 0 Å². The molecule has 2 aliphatic rings. The molecular weight excluding hydrogens is 158 g/mol. The summed E-state index contributed by atoms with van der Waals surface area (Å²) in [5.74, 6) is 0.800. The molecule has 0 aromatic heterocycles. The first-order valence-corrected chi connectivity index (χ1v) is 5.48. The third-order valence-corrected chi connectivity index (χ3v) is 4.52. The Balaban J connectivity index is 2.32. The summed E-state index contributed by atoms with van der Waals surface area (Å²) >= 11 is 0. The van der Waals surface area contributed by atoms with Crippen LogP contribution >= 0.6 is 0 Å². The summed E-state index contributed by atoms with van der Waals surface area (Å²) in [5.41, 5.74) is 2.18. The molecule has 2 rings (SSSR count). The van der Waals surface area contributed by atoms with Crippen LogP contribution in [0.25, 0.3) is 0 Å².